The van der Waals surface area contributed by atoms with E-state index in [1.807, 2.05) is 30.3 Å². The Hall–Kier alpha value is -2.93. The highest BCUT2D eigenvalue weighted by Crippen LogP contribution is 2.46. The number of carbonyl (C=O) groups is 1. The maximum Gasteiger partial charge on any atom is 0.263 e. The van der Waals surface area contributed by atoms with E-state index in [0.29, 0.717) is 34.1 Å². The fourth-order valence-electron chi connectivity index (χ4n) is 7.25. The van der Waals surface area contributed by atoms with E-state index in [1.165, 1.54) is 27.1 Å². The molecule has 0 saturated carbocycles. The van der Waals surface area contributed by atoms with Gasteiger partial charge in [-0.25, -0.2) is 4.98 Å². The zero-order valence-electron chi connectivity index (χ0n) is 28.5. The lowest BCUT2D eigenvalue weighted by Crippen LogP contribution is -2.29. The lowest BCUT2D eigenvalue weighted by atomic mass is 9.69. The first-order valence-corrected chi connectivity index (χ1v) is 19.6. The standard InChI is InChI=1S/C38H46N4O2S3/c1-7-37(3,4)24-14-16-26-28(20-39)33(46-29(26)18-24)40-31(43)22-45-36-41-34-32(35(44)42(36)21-23-12-10-9-11-13-23)27-17-15-25(19-30(27)47-34)38(5,6)8-2/h9-13,24-25H,7-8,14-19,21-22H2,1-6H3,(H,40,43)/t24-,25-/m1/s1. The number of fused-ring (bicyclic) bond motifs is 4. The predicted molar refractivity (Wildman–Crippen MR) is 197 cm³/mol. The molecule has 3 heterocycles. The molecule has 0 bridgehead atoms. The lowest BCUT2D eigenvalue weighted by molar-refractivity contribution is -0.113. The van der Waals surface area contributed by atoms with Crippen LogP contribution in [0.25, 0.3) is 10.2 Å². The molecule has 0 spiro atoms. The Morgan fingerprint density at radius 3 is 2.23 bits per heavy atom. The van der Waals surface area contributed by atoms with Crippen LogP contribution in [0.4, 0.5) is 5.00 Å². The van der Waals surface area contributed by atoms with Crippen LogP contribution < -0.4 is 10.9 Å². The Balaban J connectivity index is 1.27. The number of aromatic nitrogens is 2. The minimum atomic E-state index is -0.189. The van der Waals surface area contributed by atoms with Crippen LogP contribution in [0.5, 0.6) is 0 Å². The van der Waals surface area contributed by atoms with Gasteiger partial charge in [0.25, 0.3) is 5.56 Å². The summed E-state index contributed by atoms with van der Waals surface area (Å²) in [7, 11) is 0. The molecular weight excluding hydrogens is 641 g/mol. The van der Waals surface area contributed by atoms with Crippen molar-refractivity contribution in [3.05, 3.63) is 72.7 Å². The quantitative estimate of drug-likeness (QED) is 0.133. The number of hydrogen-bond donors (Lipinski definition) is 1. The van der Waals surface area contributed by atoms with Crippen LogP contribution in [-0.4, -0.2) is 21.2 Å². The molecule has 0 radical (unpaired) electrons. The maximum absolute atomic E-state index is 14.3. The molecule has 1 N–H and O–H groups in total. The highest BCUT2D eigenvalue weighted by Gasteiger charge is 2.35. The van der Waals surface area contributed by atoms with E-state index in [4.69, 9.17) is 4.98 Å². The van der Waals surface area contributed by atoms with Crippen LogP contribution in [-0.2, 0) is 37.0 Å². The predicted octanol–water partition coefficient (Wildman–Crippen LogP) is 9.25. The summed E-state index contributed by atoms with van der Waals surface area (Å²) in [4.78, 5) is 36.1. The van der Waals surface area contributed by atoms with E-state index in [1.54, 1.807) is 27.2 Å². The van der Waals surface area contributed by atoms with Crippen molar-refractivity contribution in [1.29, 1.82) is 5.26 Å². The van der Waals surface area contributed by atoms with Crippen molar-refractivity contribution in [1.82, 2.24) is 9.55 Å². The summed E-state index contributed by atoms with van der Waals surface area (Å²) in [5.41, 5.74) is 4.40. The third-order valence-electron chi connectivity index (χ3n) is 11.3. The molecule has 47 heavy (non-hydrogen) atoms. The van der Waals surface area contributed by atoms with Crippen molar-refractivity contribution in [3.8, 4) is 6.07 Å². The van der Waals surface area contributed by atoms with Crippen LogP contribution in [0, 0.1) is 34.0 Å². The molecule has 1 amide bonds. The molecule has 6 rings (SSSR count). The summed E-state index contributed by atoms with van der Waals surface area (Å²) in [6.07, 6.45) is 8.13. The van der Waals surface area contributed by atoms with Crippen molar-refractivity contribution in [2.24, 2.45) is 22.7 Å². The van der Waals surface area contributed by atoms with Gasteiger partial charge in [-0.2, -0.15) is 5.26 Å². The molecule has 0 saturated heterocycles. The second kappa shape index (κ2) is 13.5. The van der Waals surface area contributed by atoms with Crippen molar-refractivity contribution < 1.29 is 4.79 Å². The first-order chi connectivity index (χ1) is 22.5. The molecule has 248 valence electrons. The first kappa shape index (κ1) is 34.0. The third kappa shape index (κ3) is 6.71. The normalized spacial score (nSPS) is 18.1. The van der Waals surface area contributed by atoms with Crippen molar-refractivity contribution in [3.63, 3.8) is 0 Å². The highest BCUT2D eigenvalue weighted by atomic mass is 32.2. The largest absolute Gasteiger partial charge is 0.316 e. The molecule has 4 aromatic rings. The number of aryl methyl sites for hydroxylation is 1. The molecule has 1 aromatic carbocycles. The summed E-state index contributed by atoms with van der Waals surface area (Å²) in [6.45, 7) is 14.3. The van der Waals surface area contributed by atoms with Gasteiger partial charge in [0.05, 0.1) is 23.2 Å². The van der Waals surface area contributed by atoms with Crippen molar-refractivity contribution in [2.75, 3.05) is 11.1 Å². The first-order valence-electron chi connectivity index (χ1n) is 17.0. The number of thiophene rings is 2. The summed E-state index contributed by atoms with van der Waals surface area (Å²) in [5.74, 6) is 1.07. The van der Waals surface area contributed by atoms with E-state index >= 15 is 0 Å². The maximum atomic E-state index is 14.3. The fourth-order valence-corrected chi connectivity index (χ4v) is 10.7. The fraction of sp³-hybridized carbons (Fsp3) is 0.526. The smallest absolute Gasteiger partial charge is 0.263 e. The third-order valence-corrected chi connectivity index (χ3v) is 14.6. The molecule has 3 aromatic heterocycles. The Bertz CT molecular complexity index is 1890. The van der Waals surface area contributed by atoms with Crippen LogP contribution in [0.1, 0.15) is 99.2 Å². The number of anilines is 1. The number of thioether (sulfide) groups is 1. The Morgan fingerprint density at radius 2 is 1.62 bits per heavy atom. The number of nitrogens with zero attached hydrogens (tertiary/aromatic N) is 3. The van der Waals surface area contributed by atoms with Gasteiger partial charge in [0.1, 0.15) is 15.9 Å². The van der Waals surface area contributed by atoms with Gasteiger partial charge in [0.15, 0.2) is 5.16 Å². The monoisotopic (exact) mass is 686 g/mol. The molecule has 0 aliphatic heterocycles. The van der Waals surface area contributed by atoms with Gasteiger partial charge >= 0.3 is 0 Å². The minimum Gasteiger partial charge on any atom is -0.316 e. The number of nitriles is 1. The molecule has 0 unspecified atom stereocenters. The zero-order chi connectivity index (χ0) is 33.5. The highest BCUT2D eigenvalue weighted by molar-refractivity contribution is 7.99. The number of rotatable bonds is 10. The van der Waals surface area contributed by atoms with Crippen LogP contribution in [0.15, 0.2) is 40.3 Å². The summed E-state index contributed by atoms with van der Waals surface area (Å²) in [6, 6.07) is 12.4. The summed E-state index contributed by atoms with van der Waals surface area (Å²) in [5, 5.41) is 15.1. The van der Waals surface area contributed by atoms with E-state index in [9.17, 15) is 14.9 Å². The van der Waals surface area contributed by atoms with Gasteiger partial charge in [-0.05, 0) is 77.9 Å². The van der Waals surface area contributed by atoms with Gasteiger partial charge < -0.3 is 5.32 Å². The molecule has 2 aliphatic carbocycles. The Morgan fingerprint density at radius 1 is 1.00 bits per heavy atom. The average Bonchev–Trinajstić information content (AvgIpc) is 3.61. The molecule has 9 heteroatoms. The Labute approximate surface area is 291 Å². The van der Waals surface area contributed by atoms with E-state index in [2.05, 4.69) is 52.9 Å². The molecule has 2 atom stereocenters. The van der Waals surface area contributed by atoms with E-state index in [-0.39, 0.29) is 28.0 Å². The zero-order valence-corrected chi connectivity index (χ0v) is 30.9. The minimum absolute atomic E-state index is 0.0188. The van der Waals surface area contributed by atoms with Crippen molar-refractivity contribution in [2.45, 2.75) is 105 Å². The average molecular weight is 687 g/mol. The number of hydrogen-bond acceptors (Lipinski definition) is 7. The number of nitrogens with one attached hydrogen (secondary N) is 1. The van der Waals surface area contributed by atoms with Gasteiger partial charge in [0.2, 0.25) is 5.91 Å². The Kier molecular flexibility index (Phi) is 9.77. The molecule has 2 aliphatic rings. The molecule has 6 nitrogen and oxygen atoms in total. The number of benzene rings is 1. The molecular formula is C38H46N4O2S3. The lowest BCUT2D eigenvalue weighted by Gasteiger charge is -2.36. The SMILES string of the molecule is CCC(C)(C)[C@@H]1CCc2c(sc(NC(=O)CSc3nc4sc5c(c4c(=O)n3Cc3ccccc3)CC[C@@H](C(C)(C)CC)C5)c2C#N)C1. The van der Waals surface area contributed by atoms with Crippen LogP contribution >= 0.6 is 34.4 Å². The van der Waals surface area contributed by atoms with Gasteiger partial charge in [-0.1, -0.05) is 96.5 Å². The summed E-state index contributed by atoms with van der Waals surface area (Å²) >= 11 is 4.52. The van der Waals surface area contributed by atoms with Gasteiger partial charge in [0, 0.05) is 9.75 Å². The van der Waals surface area contributed by atoms with Gasteiger partial charge in [-0.3, -0.25) is 14.2 Å². The number of carbonyl (C=O) groups excluding carboxylic acids is 1. The van der Waals surface area contributed by atoms with Crippen molar-refractivity contribution >= 4 is 55.6 Å². The van der Waals surface area contributed by atoms with Crippen LogP contribution in [0.2, 0.25) is 0 Å². The molecule has 0 fully saturated rings. The second-order valence-corrected chi connectivity index (χ2v) is 17.8. The van der Waals surface area contributed by atoms with Crippen LogP contribution in [0.3, 0.4) is 0 Å². The summed E-state index contributed by atoms with van der Waals surface area (Å²) < 4.78 is 1.75. The van der Waals surface area contributed by atoms with E-state index in [0.717, 1.165) is 72.7 Å². The van der Waals surface area contributed by atoms with E-state index < -0.39 is 0 Å². The topological polar surface area (TPSA) is 87.8 Å². The second-order valence-electron chi connectivity index (χ2n) is 14.7. The number of amides is 1. The van der Waals surface area contributed by atoms with Gasteiger partial charge in [-0.15, -0.1) is 22.7 Å².